The third-order valence-electron chi connectivity index (χ3n) is 4.24. The van der Waals surface area contributed by atoms with Gasteiger partial charge in [0, 0.05) is 17.8 Å². The smallest absolute Gasteiger partial charge is 0.226 e. The van der Waals surface area contributed by atoms with Crippen molar-refractivity contribution in [2.75, 3.05) is 25.1 Å². The highest BCUT2D eigenvalue weighted by atomic mass is 79.9. The zero-order chi connectivity index (χ0) is 12.5. The highest BCUT2D eigenvalue weighted by molar-refractivity contribution is 9.09. The molecule has 2 unspecified atom stereocenters. The molecule has 0 spiro atoms. The largest absolute Gasteiger partial charge is 0.377 e. The van der Waals surface area contributed by atoms with E-state index in [9.17, 15) is 4.79 Å². The molecule has 2 rings (SSSR count). The molecule has 1 saturated heterocycles. The maximum Gasteiger partial charge on any atom is 0.226 e. The molecule has 2 fully saturated rings. The molecule has 2 aliphatic rings. The van der Waals surface area contributed by atoms with Crippen LogP contribution < -0.4 is 0 Å². The van der Waals surface area contributed by atoms with Crippen LogP contribution in [0.25, 0.3) is 0 Å². The Morgan fingerprint density at radius 3 is 2.88 bits per heavy atom. The minimum absolute atomic E-state index is 0.173. The average molecular weight is 304 g/mol. The summed E-state index contributed by atoms with van der Waals surface area (Å²) >= 11 is 3.48. The number of nitrogens with zero attached hydrogens (tertiary/aromatic N) is 1. The van der Waals surface area contributed by atoms with E-state index in [1.807, 2.05) is 4.90 Å². The van der Waals surface area contributed by atoms with Crippen molar-refractivity contribution in [2.24, 2.45) is 11.3 Å². The van der Waals surface area contributed by atoms with Crippen LogP contribution in [0.4, 0.5) is 0 Å². The van der Waals surface area contributed by atoms with Gasteiger partial charge in [0.2, 0.25) is 5.91 Å². The third-order valence-corrected chi connectivity index (χ3v) is 4.99. The summed E-state index contributed by atoms with van der Waals surface area (Å²) in [4.78, 5) is 14.7. The summed E-state index contributed by atoms with van der Waals surface area (Å²) in [5, 5.41) is 0.811. The Morgan fingerprint density at radius 2 is 2.29 bits per heavy atom. The monoisotopic (exact) mass is 303 g/mol. The Labute approximate surface area is 112 Å². The van der Waals surface area contributed by atoms with E-state index in [1.54, 1.807) is 0 Å². The van der Waals surface area contributed by atoms with Crippen LogP contribution in [0.5, 0.6) is 0 Å². The van der Waals surface area contributed by atoms with Gasteiger partial charge in [0.15, 0.2) is 0 Å². The predicted molar refractivity (Wildman–Crippen MR) is 71.2 cm³/mol. The molecule has 98 valence electrons. The molecule has 3 nitrogen and oxygen atoms in total. The number of carbonyl (C=O) groups is 1. The first-order valence-electron chi connectivity index (χ1n) is 6.50. The maximum atomic E-state index is 12.6. The second kappa shape index (κ2) is 5.27. The lowest BCUT2D eigenvalue weighted by Crippen LogP contribution is -2.52. The molecule has 1 amide bonds. The van der Waals surface area contributed by atoms with Crippen molar-refractivity contribution in [3.63, 3.8) is 0 Å². The summed E-state index contributed by atoms with van der Waals surface area (Å²) in [6.45, 7) is 6.56. The van der Waals surface area contributed by atoms with Crippen molar-refractivity contribution in [2.45, 2.75) is 39.2 Å². The van der Waals surface area contributed by atoms with Crippen molar-refractivity contribution in [3.8, 4) is 0 Å². The van der Waals surface area contributed by atoms with E-state index in [0.29, 0.717) is 19.1 Å². The number of ether oxygens (including phenoxy) is 1. The molecule has 1 saturated carbocycles. The van der Waals surface area contributed by atoms with E-state index >= 15 is 0 Å². The van der Waals surface area contributed by atoms with E-state index in [-0.39, 0.29) is 17.4 Å². The maximum absolute atomic E-state index is 12.6. The summed E-state index contributed by atoms with van der Waals surface area (Å²) < 4.78 is 5.44. The minimum atomic E-state index is 0.173. The Balaban J connectivity index is 2.07. The molecule has 0 aromatic heterocycles. The first-order valence-corrected chi connectivity index (χ1v) is 7.62. The molecule has 0 aromatic carbocycles. The van der Waals surface area contributed by atoms with Gasteiger partial charge in [-0.2, -0.15) is 0 Å². The molecular formula is C13H22BrNO2. The van der Waals surface area contributed by atoms with E-state index in [0.717, 1.165) is 18.3 Å². The van der Waals surface area contributed by atoms with E-state index in [4.69, 9.17) is 4.74 Å². The standard InChI is InChI=1S/C13H22BrNO2/c1-13(2)5-3-4-11(13)12(16)15-6-7-17-9-10(15)8-14/h10-11H,3-9H2,1-2H3. The molecule has 0 N–H and O–H groups in total. The minimum Gasteiger partial charge on any atom is -0.377 e. The van der Waals surface area contributed by atoms with Crippen molar-refractivity contribution < 1.29 is 9.53 Å². The van der Waals surface area contributed by atoms with E-state index < -0.39 is 0 Å². The van der Waals surface area contributed by atoms with Gasteiger partial charge in [-0.1, -0.05) is 36.2 Å². The molecule has 2 atom stereocenters. The zero-order valence-corrected chi connectivity index (χ0v) is 12.3. The van der Waals surface area contributed by atoms with Gasteiger partial charge < -0.3 is 9.64 Å². The number of halogens is 1. The van der Waals surface area contributed by atoms with Crippen LogP contribution in [0.3, 0.4) is 0 Å². The fourth-order valence-corrected chi connectivity index (χ4v) is 3.59. The highest BCUT2D eigenvalue weighted by Gasteiger charge is 2.42. The zero-order valence-electron chi connectivity index (χ0n) is 10.7. The molecule has 4 heteroatoms. The Morgan fingerprint density at radius 1 is 1.53 bits per heavy atom. The van der Waals surface area contributed by atoms with Crippen molar-refractivity contribution in [1.82, 2.24) is 4.90 Å². The van der Waals surface area contributed by atoms with Crippen molar-refractivity contribution >= 4 is 21.8 Å². The number of hydrogen-bond acceptors (Lipinski definition) is 2. The second-order valence-electron chi connectivity index (χ2n) is 5.85. The van der Waals surface area contributed by atoms with Crippen LogP contribution in [0, 0.1) is 11.3 Å². The van der Waals surface area contributed by atoms with E-state index in [2.05, 4.69) is 29.8 Å². The lowest BCUT2D eigenvalue weighted by Gasteiger charge is -2.39. The number of morpholine rings is 1. The van der Waals surface area contributed by atoms with Gasteiger partial charge >= 0.3 is 0 Å². The molecular weight excluding hydrogens is 282 g/mol. The fourth-order valence-electron chi connectivity index (χ4n) is 3.06. The van der Waals surface area contributed by atoms with Crippen molar-refractivity contribution in [3.05, 3.63) is 0 Å². The van der Waals surface area contributed by atoms with Gasteiger partial charge in [0.25, 0.3) is 0 Å². The number of alkyl halides is 1. The second-order valence-corrected chi connectivity index (χ2v) is 6.50. The number of amides is 1. The summed E-state index contributed by atoms with van der Waals surface area (Å²) in [6.07, 6.45) is 3.41. The lowest BCUT2D eigenvalue weighted by atomic mass is 9.81. The summed E-state index contributed by atoms with van der Waals surface area (Å²) in [5.41, 5.74) is 0.173. The van der Waals surface area contributed by atoms with Gasteiger partial charge in [-0.25, -0.2) is 0 Å². The summed E-state index contributed by atoms with van der Waals surface area (Å²) in [6, 6.07) is 0.215. The SMILES string of the molecule is CC1(C)CCCC1C(=O)N1CCOCC1CBr. The summed E-state index contributed by atoms with van der Waals surface area (Å²) in [7, 11) is 0. The number of hydrogen-bond donors (Lipinski definition) is 0. The third kappa shape index (κ3) is 2.68. The normalized spacial score (nSPS) is 32.8. The van der Waals surface area contributed by atoms with Gasteiger partial charge in [-0.3, -0.25) is 4.79 Å². The molecule has 1 heterocycles. The van der Waals surface area contributed by atoms with Crippen molar-refractivity contribution in [1.29, 1.82) is 0 Å². The molecule has 0 aromatic rings. The molecule has 1 aliphatic heterocycles. The highest BCUT2D eigenvalue weighted by Crippen LogP contribution is 2.43. The quantitative estimate of drug-likeness (QED) is 0.733. The fraction of sp³-hybridized carbons (Fsp3) is 0.923. The lowest BCUT2D eigenvalue weighted by molar-refractivity contribution is -0.146. The van der Waals surface area contributed by atoms with Gasteiger partial charge in [-0.05, 0) is 18.3 Å². The molecule has 17 heavy (non-hydrogen) atoms. The predicted octanol–water partition coefficient (Wildman–Crippen LogP) is 2.44. The van der Waals surface area contributed by atoms with Crippen LogP contribution >= 0.6 is 15.9 Å². The van der Waals surface area contributed by atoms with Crippen LogP contribution in [-0.4, -0.2) is 41.9 Å². The molecule has 1 aliphatic carbocycles. The Bertz CT molecular complexity index is 293. The van der Waals surface area contributed by atoms with Crippen LogP contribution in [0.2, 0.25) is 0 Å². The van der Waals surface area contributed by atoms with Gasteiger partial charge in [0.1, 0.15) is 0 Å². The Hall–Kier alpha value is -0.0900. The number of rotatable bonds is 2. The topological polar surface area (TPSA) is 29.5 Å². The summed E-state index contributed by atoms with van der Waals surface area (Å²) in [5.74, 6) is 0.558. The van der Waals surface area contributed by atoms with Crippen LogP contribution in [0.15, 0.2) is 0 Å². The first-order chi connectivity index (χ1) is 8.06. The average Bonchev–Trinajstić information content (AvgIpc) is 2.68. The van der Waals surface area contributed by atoms with Crippen LogP contribution in [0.1, 0.15) is 33.1 Å². The Kier molecular flexibility index (Phi) is 4.14. The van der Waals surface area contributed by atoms with Gasteiger partial charge in [-0.15, -0.1) is 0 Å². The first kappa shape index (κ1) is 13.3. The van der Waals surface area contributed by atoms with E-state index in [1.165, 1.54) is 12.8 Å². The number of carbonyl (C=O) groups excluding carboxylic acids is 1. The van der Waals surface area contributed by atoms with Gasteiger partial charge in [0.05, 0.1) is 19.3 Å². The molecule has 0 radical (unpaired) electrons. The van der Waals surface area contributed by atoms with Crippen LogP contribution in [-0.2, 0) is 9.53 Å². The molecule has 0 bridgehead atoms.